The van der Waals surface area contributed by atoms with Gasteiger partial charge in [0.15, 0.2) is 0 Å². The van der Waals surface area contributed by atoms with Crippen molar-refractivity contribution in [2.75, 3.05) is 0 Å². The van der Waals surface area contributed by atoms with Crippen LogP contribution in [-0.2, 0) is 10.8 Å². The highest BCUT2D eigenvalue weighted by Crippen LogP contribution is 2.41. The Morgan fingerprint density at radius 3 is 1.96 bits per heavy atom. The standard InChI is InChI=1S/C20H27ClN2O/c1-19(2,3)14-9-12(10-15(18(14)24)20(4,5)6)17(22)13-11-23-8-7-16(13)21/h7-11,17,24H,22H2,1-6H3. The van der Waals surface area contributed by atoms with E-state index in [1.165, 1.54) is 0 Å². The smallest absolute Gasteiger partial charge is 0.123 e. The second kappa shape index (κ2) is 6.38. The number of pyridine rings is 1. The van der Waals surface area contributed by atoms with Crippen molar-refractivity contribution in [3.63, 3.8) is 0 Å². The van der Waals surface area contributed by atoms with Gasteiger partial charge in [-0.2, -0.15) is 0 Å². The maximum absolute atomic E-state index is 10.8. The number of nitrogens with zero attached hydrogens (tertiary/aromatic N) is 1. The van der Waals surface area contributed by atoms with Crippen molar-refractivity contribution < 1.29 is 5.11 Å². The van der Waals surface area contributed by atoms with Gasteiger partial charge in [0.2, 0.25) is 0 Å². The fourth-order valence-corrected chi connectivity index (χ4v) is 3.00. The molecule has 0 spiro atoms. The molecule has 1 atom stereocenters. The summed E-state index contributed by atoms with van der Waals surface area (Å²) in [4.78, 5) is 4.14. The second-order valence-electron chi connectivity index (χ2n) is 8.34. The molecule has 0 aliphatic heterocycles. The second-order valence-corrected chi connectivity index (χ2v) is 8.75. The number of rotatable bonds is 2. The van der Waals surface area contributed by atoms with Crippen LogP contribution in [0.3, 0.4) is 0 Å². The van der Waals surface area contributed by atoms with Gasteiger partial charge in [0.1, 0.15) is 5.75 Å². The molecule has 130 valence electrons. The summed E-state index contributed by atoms with van der Waals surface area (Å²) >= 11 is 6.29. The molecule has 1 aromatic heterocycles. The molecule has 0 saturated carbocycles. The average Bonchev–Trinajstić information content (AvgIpc) is 2.45. The number of phenols is 1. The van der Waals surface area contributed by atoms with Crippen LogP contribution in [0.1, 0.15) is 69.8 Å². The first-order valence-corrected chi connectivity index (χ1v) is 8.53. The van der Waals surface area contributed by atoms with Gasteiger partial charge in [0.25, 0.3) is 0 Å². The first-order valence-electron chi connectivity index (χ1n) is 8.16. The molecule has 4 heteroatoms. The van der Waals surface area contributed by atoms with Crippen molar-refractivity contribution in [2.45, 2.75) is 58.4 Å². The summed E-state index contributed by atoms with van der Waals surface area (Å²) in [6, 6.07) is 5.32. The lowest BCUT2D eigenvalue weighted by Crippen LogP contribution is -2.20. The molecule has 24 heavy (non-hydrogen) atoms. The number of hydrogen-bond acceptors (Lipinski definition) is 3. The van der Waals surface area contributed by atoms with Crippen LogP contribution in [0.5, 0.6) is 5.75 Å². The Hall–Kier alpha value is -1.58. The summed E-state index contributed by atoms with van der Waals surface area (Å²) in [7, 11) is 0. The minimum atomic E-state index is -0.394. The largest absolute Gasteiger partial charge is 0.507 e. The monoisotopic (exact) mass is 346 g/mol. The Kier molecular flexibility index (Phi) is 4.98. The van der Waals surface area contributed by atoms with Gasteiger partial charge in [-0.05, 0) is 45.7 Å². The minimum Gasteiger partial charge on any atom is -0.507 e. The molecule has 2 rings (SSSR count). The molecule has 0 bridgehead atoms. The predicted octanol–water partition coefficient (Wildman–Crippen LogP) is 5.08. The lowest BCUT2D eigenvalue weighted by Gasteiger charge is -2.29. The van der Waals surface area contributed by atoms with Gasteiger partial charge in [-0.25, -0.2) is 0 Å². The molecule has 0 saturated heterocycles. The molecule has 0 aliphatic carbocycles. The van der Waals surface area contributed by atoms with Crippen molar-refractivity contribution in [1.82, 2.24) is 4.98 Å². The zero-order chi connectivity index (χ0) is 18.3. The van der Waals surface area contributed by atoms with Gasteiger partial charge in [0.05, 0.1) is 6.04 Å². The summed E-state index contributed by atoms with van der Waals surface area (Å²) in [5.74, 6) is 0.350. The van der Waals surface area contributed by atoms with E-state index in [1.54, 1.807) is 18.5 Å². The van der Waals surface area contributed by atoms with Crippen LogP contribution in [0.4, 0.5) is 0 Å². The molecule has 0 radical (unpaired) electrons. The molecule has 0 aliphatic rings. The van der Waals surface area contributed by atoms with Gasteiger partial charge < -0.3 is 10.8 Å². The van der Waals surface area contributed by atoms with E-state index >= 15 is 0 Å². The number of halogens is 1. The van der Waals surface area contributed by atoms with Crippen molar-refractivity contribution in [1.29, 1.82) is 0 Å². The van der Waals surface area contributed by atoms with Crippen molar-refractivity contribution in [2.24, 2.45) is 5.73 Å². The Bertz CT molecular complexity index is 707. The van der Waals surface area contributed by atoms with Crippen LogP contribution in [-0.4, -0.2) is 10.1 Å². The molecular weight excluding hydrogens is 320 g/mol. The van der Waals surface area contributed by atoms with Gasteiger partial charge >= 0.3 is 0 Å². The molecule has 1 heterocycles. The van der Waals surface area contributed by atoms with E-state index in [2.05, 4.69) is 46.5 Å². The molecular formula is C20H27ClN2O. The first-order chi connectivity index (χ1) is 10.9. The zero-order valence-electron chi connectivity index (χ0n) is 15.3. The van der Waals surface area contributed by atoms with Gasteiger partial charge in [0, 0.05) is 23.0 Å². The van der Waals surface area contributed by atoms with Crippen LogP contribution in [0.15, 0.2) is 30.6 Å². The van der Waals surface area contributed by atoms with E-state index in [4.69, 9.17) is 17.3 Å². The van der Waals surface area contributed by atoms with Gasteiger partial charge in [-0.3, -0.25) is 4.98 Å². The Morgan fingerprint density at radius 1 is 1.04 bits per heavy atom. The lowest BCUT2D eigenvalue weighted by molar-refractivity contribution is 0.422. The molecule has 1 aromatic carbocycles. The van der Waals surface area contributed by atoms with E-state index in [0.29, 0.717) is 10.8 Å². The number of hydrogen-bond donors (Lipinski definition) is 2. The van der Waals surface area contributed by atoms with Gasteiger partial charge in [-0.1, -0.05) is 53.1 Å². The average molecular weight is 347 g/mol. The highest BCUT2D eigenvalue weighted by Gasteiger charge is 2.28. The number of aromatic hydroxyl groups is 1. The van der Waals surface area contributed by atoms with E-state index in [0.717, 1.165) is 22.3 Å². The Balaban J connectivity index is 2.69. The van der Waals surface area contributed by atoms with E-state index in [9.17, 15) is 5.11 Å². The van der Waals surface area contributed by atoms with E-state index in [1.807, 2.05) is 12.1 Å². The van der Waals surface area contributed by atoms with Crippen LogP contribution in [0, 0.1) is 0 Å². The topological polar surface area (TPSA) is 59.1 Å². The van der Waals surface area contributed by atoms with Crippen LogP contribution in [0.25, 0.3) is 0 Å². The van der Waals surface area contributed by atoms with Crippen LogP contribution in [0.2, 0.25) is 5.02 Å². The van der Waals surface area contributed by atoms with Gasteiger partial charge in [-0.15, -0.1) is 0 Å². The molecule has 3 N–H and O–H groups in total. The van der Waals surface area contributed by atoms with Crippen molar-refractivity contribution in [3.05, 3.63) is 57.9 Å². The molecule has 2 aromatic rings. The zero-order valence-corrected chi connectivity index (χ0v) is 16.1. The van der Waals surface area contributed by atoms with E-state index < -0.39 is 6.04 Å². The third-order valence-corrected chi connectivity index (χ3v) is 4.58. The number of nitrogens with two attached hydrogens (primary N) is 1. The fraction of sp³-hybridized carbons (Fsp3) is 0.450. The van der Waals surface area contributed by atoms with Crippen LogP contribution >= 0.6 is 11.6 Å². The van der Waals surface area contributed by atoms with Crippen molar-refractivity contribution in [3.8, 4) is 5.75 Å². The highest BCUT2D eigenvalue weighted by atomic mass is 35.5. The number of benzene rings is 1. The maximum Gasteiger partial charge on any atom is 0.123 e. The normalized spacial score (nSPS) is 13.8. The van der Waals surface area contributed by atoms with E-state index in [-0.39, 0.29) is 10.8 Å². The molecule has 0 amide bonds. The molecule has 1 unspecified atom stereocenters. The lowest BCUT2D eigenvalue weighted by atomic mass is 9.77. The number of aromatic nitrogens is 1. The summed E-state index contributed by atoms with van der Waals surface area (Å²) in [6.45, 7) is 12.5. The molecule has 0 fully saturated rings. The minimum absolute atomic E-state index is 0.196. The Labute approximate surface area is 149 Å². The number of phenolic OH excluding ortho intramolecular Hbond substituents is 1. The third kappa shape index (κ3) is 3.73. The first kappa shape index (κ1) is 18.8. The quantitative estimate of drug-likeness (QED) is 0.796. The summed E-state index contributed by atoms with van der Waals surface area (Å²) in [6.07, 6.45) is 3.35. The highest BCUT2D eigenvalue weighted by molar-refractivity contribution is 6.31. The third-order valence-electron chi connectivity index (χ3n) is 4.24. The maximum atomic E-state index is 10.8. The van der Waals surface area contributed by atoms with Crippen LogP contribution < -0.4 is 5.73 Å². The summed E-state index contributed by atoms with van der Waals surface area (Å²) < 4.78 is 0. The Morgan fingerprint density at radius 2 is 1.54 bits per heavy atom. The SMILES string of the molecule is CC(C)(C)c1cc(C(N)c2cnccc2Cl)cc(C(C)(C)C)c1O. The fourth-order valence-electron chi connectivity index (χ4n) is 2.78. The van der Waals surface area contributed by atoms with Crippen molar-refractivity contribution >= 4 is 11.6 Å². The predicted molar refractivity (Wildman–Crippen MR) is 101 cm³/mol. The summed E-state index contributed by atoms with van der Waals surface area (Å²) in [5, 5.41) is 11.4. The summed E-state index contributed by atoms with van der Waals surface area (Å²) in [5.41, 5.74) is 9.58. The molecule has 3 nitrogen and oxygen atoms in total.